The van der Waals surface area contributed by atoms with E-state index in [2.05, 4.69) is 93.9 Å². The first-order chi connectivity index (χ1) is 18.7. The Kier molecular flexibility index (Phi) is 4.50. The van der Waals surface area contributed by atoms with Gasteiger partial charge in [0.2, 0.25) is 11.8 Å². The molecule has 0 radical (unpaired) electrons. The molecule has 3 aromatic heterocycles. The van der Waals surface area contributed by atoms with Gasteiger partial charge in [-0.2, -0.15) is 4.52 Å². The zero-order chi connectivity index (χ0) is 25.2. The van der Waals surface area contributed by atoms with Gasteiger partial charge in [0.15, 0.2) is 11.4 Å². The summed E-state index contributed by atoms with van der Waals surface area (Å²) >= 11 is 1.56. The molecule has 6 nitrogen and oxygen atoms in total. The molecule has 3 heterocycles. The molecule has 180 valence electrons. The molecule has 0 aliphatic carbocycles. The number of aromatic nitrogens is 4. The fourth-order valence-corrected chi connectivity index (χ4v) is 6.11. The van der Waals surface area contributed by atoms with E-state index in [1.807, 2.05) is 12.1 Å². The molecule has 38 heavy (non-hydrogen) atoms. The predicted octanol–water partition coefficient (Wildman–Crippen LogP) is 7.73. The molecule has 0 fully saturated rings. The van der Waals surface area contributed by atoms with E-state index in [0.29, 0.717) is 17.2 Å². The second-order valence-electron chi connectivity index (χ2n) is 9.23. The summed E-state index contributed by atoms with van der Waals surface area (Å²) in [4.78, 5) is 10.2. The van der Waals surface area contributed by atoms with Gasteiger partial charge in [0.05, 0.1) is 6.26 Å². The fourth-order valence-electron chi connectivity index (χ4n) is 5.25. The summed E-state index contributed by atoms with van der Waals surface area (Å²) in [5, 5.41) is 15.2. The van der Waals surface area contributed by atoms with Crippen molar-refractivity contribution in [3.8, 4) is 11.6 Å². The summed E-state index contributed by atoms with van der Waals surface area (Å²) in [7, 11) is 0. The van der Waals surface area contributed by atoms with E-state index in [1.54, 1.807) is 24.1 Å². The Morgan fingerprint density at radius 3 is 2.18 bits per heavy atom. The van der Waals surface area contributed by atoms with Gasteiger partial charge in [-0.25, -0.2) is 9.97 Å². The van der Waals surface area contributed by atoms with Gasteiger partial charge in [0.25, 0.3) is 0 Å². The number of furan rings is 1. The lowest BCUT2D eigenvalue weighted by Gasteiger charge is -2.11. The average molecular weight is 510 g/mol. The molecular weight excluding hydrogens is 490 g/mol. The van der Waals surface area contributed by atoms with Crippen molar-refractivity contribution < 1.29 is 4.42 Å². The van der Waals surface area contributed by atoms with Gasteiger partial charge < -0.3 is 10.2 Å². The Bertz CT molecular complexity index is 2180. The van der Waals surface area contributed by atoms with Crippen LogP contribution in [0, 0.1) is 0 Å². The molecule has 0 aliphatic heterocycles. The number of nitrogens with two attached hydrogens (primary N) is 1. The Labute approximate surface area is 220 Å². The number of anilines is 1. The maximum Gasteiger partial charge on any atom is 0.224 e. The Morgan fingerprint density at radius 1 is 0.658 bits per heavy atom. The summed E-state index contributed by atoms with van der Waals surface area (Å²) in [6.07, 6.45) is 1.60. The quantitative estimate of drug-likeness (QED) is 0.194. The molecule has 5 aromatic carbocycles. The van der Waals surface area contributed by atoms with E-state index in [-0.39, 0.29) is 5.95 Å². The minimum Gasteiger partial charge on any atom is -0.461 e. The third-order valence-electron chi connectivity index (χ3n) is 7.00. The van der Waals surface area contributed by atoms with Crippen LogP contribution in [0.5, 0.6) is 0 Å². The van der Waals surface area contributed by atoms with E-state index in [4.69, 9.17) is 10.2 Å². The summed E-state index contributed by atoms with van der Waals surface area (Å²) < 4.78 is 6.97. The molecule has 0 spiro atoms. The van der Waals surface area contributed by atoms with Crippen LogP contribution in [0.15, 0.2) is 118 Å². The number of fused-ring (bicyclic) bond motifs is 8. The Morgan fingerprint density at radius 2 is 1.37 bits per heavy atom. The highest BCUT2D eigenvalue weighted by Gasteiger charge is 2.14. The highest BCUT2D eigenvalue weighted by atomic mass is 32.2. The Balaban J connectivity index is 1.24. The third-order valence-corrected chi connectivity index (χ3v) is 7.91. The molecule has 0 aliphatic rings. The van der Waals surface area contributed by atoms with Crippen molar-refractivity contribution >= 4 is 66.4 Å². The smallest absolute Gasteiger partial charge is 0.224 e. The first-order valence-corrected chi connectivity index (χ1v) is 13.0. The largest absolute Gasteiger partial charge is 0.461 e. The van der Waals surface area contributed by atoms with E-state index in [0.717, 1.165) is 9.92 Å². The number of nitrogens with zero attached hydrogens (tertiary/aromatic N) is 4. The second kappa shape index (κ2) is 8.06. The molecular formula is C31H19N5OS. The molecule has 8 rings (SSSR count). The number of benzene rings is 5. The van der Waals surface area contributed by atoms with Crippen molar-refractivity contribution in [2.45, 2.75) is 9.92 Å². The summed E-state index contributed by atoms with van der Waals surface area (Å²) in [5.41, 5.74) is 6.86. The normalized spacial score (nSPS) is 11.9. The van der Waals surface area contributed by atoms with Crippen LogP contribution in [-0.2, 0) is 0 Å². The molecule has 0 unspecified atom stereocenters. The number of hydrogen-bond donors (Lipinski definition) is 1. The maximum absolute atomic E-state index is 6.24. The standard InChI is InChI=1S/C31H19N5OS/c32-31-34-29(17-28-33-30(35-36(28)31)27-6-3-15-37-27)38-20-10-7-19-9-12-24-23-11-8-18-4-1-2-5-21(18)22(23)13-14-25(24)26(19)16-20/h1-17H,(H2,32,34). The topological polar surface area (TPSA) is 82.2 Å². The first-order valence-electron chi connectivity index (χ1n) is 12.2. The number of nitrogen functional groups attached to an aromatic ring is 1. The van der Waals surface area contributed by atoms with E-state index in [1.165, 1.54) is 47.6 Å². The summed E-state index contributed by atoms with van der Waals surface area (Å²) in [6, 6.07) is 34.0. The molecule has 0 saturated carbocycles. The van der Waals surface area contributed by atoms with Gasteiger partial charge in [-0.15, -0.1) is 5.10 Å². The minimum absolute atomic E-state index is 0.278. The lowest BCUT2D eigenvalue weighted by Crippen LogP contribution is -2.02. The highest BCUT2D eigenvalue weighted by Crippen LogP contribution is 2.37. The lowest BCUT2D eigenvalue weighted by molar-refractivity contribution is 0.577. The van der Waals surface area contributed by atoms with Crippen LogP contribution in [0.2, 0.25) is 0 Å². The minimum atomic E-state index is 0.278. The molecule has 0 saturated heterocycles. The second-order valence-corrected chi connectivity index (χ2v) is 10.3. The van der Waals surface area contributed by atoms with Crippen LogP contribution >= 0.6 is 11.8 Å². The zero-order valence-electron chi connectivity index (χ0n) is 20.0. The molecule has 0 atom stereocenters. The van der Waals surface area contributed by atoms with Crippen LogP contribution in [-0.4, -0.2) is 19.6 Å². The molecule has 8 aromatic rings. The average Bonchev–Trinajstić information content (AvgIpc) is 3.63. The third kappa shape index (κ3) is 3.26. The van der Waals surface area contributed by atoms with Crippen molar-refractivity contribution in [2.75, 3.05) is 5.73 Å². The first kappa shape index (κ1) is 21.2. The van der Waals surface area contributed by atoms with Crippen LogP contribution in [0.1, 0.15) is 0 Å². The van der Waals surface area contributed by atoms with Crippen LogP contribution in [0.25, 0.3) is 60.3 Å². The SMILES string of the molecule is Nc1nc(Sc2ccc3ccc4c(ccc5c6ccccc6ccc54)c3c2)cc2nc(-c3ccco3)nn12. The van der Waals surface area contributed by atoms with Crippen LogP contribution in [0.3, 0.4) is 0 Å². The monoisotopic (exact) mass is 509 g/mol. The van der Waals surface area contributed by atoms with Crippen molar-refractivity contribution in [1.29, 1.82) is 0 Å². The Hall–Kier alpha value is -4.88. The van der Waals surface area contributed by atoms with Gasteiger partial charge in [-0.05, 0) is 67.4 Å². The van der Waals surface area contributed by atoms with Crippen LogP contribution in [0.4, 0.5) is 5.95 Å². The van der Waals surface area contributed by atoms with E-state index < -0.39 is 0 Å². The molecule has 2 N–H and O–H groups in total. The van der Waals surface area contributed by atoms with Gasteiger partial charge in [-0.1, -0.05) is 78.5 Å². The van der Waals surface area contributed by atoms with Crippen molar-refractivity contribution in [2.24, 2.45) is 0 Å². The van der Waals surface area contributed by atoms with Crippen molar-refractivity contribution in [3.63, 3.8) is 0 Å². The van der Waals surface area contributed by atoms with Gasteiger partial charge >= 0.3 is 0 Å². The maximum atomic E-state index is 6.24. The zero-order valence-corrected chi connectivity index (χ0v) is 20.8. The molecule has 0 bridgehead atoms. The molecule has 0 amide bonds. The van der Waals surface area contributed by atoms with Crippen LogP contribution < -0.4 is 5.73 Å². The number of hydrogen-bond acceptors (Lipinski definition) is 6. The highest BCUT2D eigenvalue weighted by molar-refractivity contribution is 7.99. The van der Waals surface area contributed by atoms with E-state index in [9.17, 15) is 0 Å². The van der Waals surface area contributed by atoms with Crippen molar-refractivity contribution in [3.05, 3.63) is 103 Å². The lowest BCUT2D eigenvalue weighted by atomic mass is 9.94. The van der Waals surface area contributed by atoms with Gasteiger partial charge in [-0.3, -0.25) is 0 Å². The van der Waals surface area contributed by atoms with Gasteiger partial charge in [0, 0.05) is 11.0 Å². The van der Waals surface area contributed by atoms with E-state index >= 15 is 0 Å². The summed E-state index contributed by atoms with van der Waals surface area (Å²) in [6.45, 7) is 0. The fraction of sp³-hybridized carbons (Fsp3) is 0. The van der Waals surface area contributed by atoms with Gasteiger partial charge in [0.1, 0.15) is 5.03 Å². The predicted molar refractivity (Wildman–Crippen MR) is 153 cm³/mol. The number of rotatable bonds is 3. The summed E-state index contributed by atoms with van der Waals surface area (Å²) in [5.74, 6) is 1.34. The van der Waals surface area contributed by atoms with Crippen molar-refractivity contribution in [1.82, 2.24) is 19.6 Å². The molecule has 7 heteroatoms.